The van der Waals surface area contributed by atoms with E-state index in [2.05, 4.69) is 5.32 Å². The van der Waals surface area contributed by atoms with Crippen molar-refractivity contribution in [3.05, 3.63) is 29.3 Å². The maximum atomic E-state index is 11.7. The van der Waals surface area contributed by atoms with Crippen LogP contribution < -0.4 is 5.32 Å². The molecule has 1 fully saturated rings. The molecule has 2 rings (SSSR count). The van der Waals surface area contributed by atoms with Crippen LogP contribution in [0.4, 0.5) is 0 Å². The van der Waals surface area contributed by atoms with Crippen LogP contribution in [0.25, 0.3) is 0 Å². The molecule has 0 aliphatic heterocycles. The predicted molar refractivity (Wildman–Crippen MR) is 97.3 cm³/mol. The Kier molecular flexibility index (Phi) is 8.47. The number of carbonyl (C=O) groups is 2. The van der Waals surface area contributed by atoms with E-state index in [4.69, 9.17) is 16.3 Å². The van der Waals surface area contributed by atoms with Crippen molar-refractivity contribution >= 4 is 35.2 Å². The molecule has 1 amide bonds. The van der Waals surface area contributed by atoms with Crippen LogP contribution in [0.5, 0.6) is 0 Å². The highest BCUT2D eigenvalue weighted by Gasteiger charge is 2.15. The van der Waals surface area contributed by atoms with E-state index in [1.165, 1.54) is 43.9 Å². The van der Waals surface area contributed by atoms with Gasteiger partial charge in [0, 0.05) is 17.2 Å². The molecule has 0 radical (unpaired) electrons. The van der Waals surface area contributed by atoms with Gasteiger partial charge in [-0.15, -0.1) is 11.8 Å². The molecule has 1 saturated carbocycles. The minimum absolute atomic E-state index is 0.192. The summed E-state index contributed by atoms with van der Waals surface area (Å²) in [6, 6.07) is 7.51. The lowest BCUT2D eigenvalue weighted by Crippen LogP contribution is -2.33. The third-order valence-corrected chi connectivity index (χ3v) is 5.59. The Hall–Kier alpha value is -1.20. The number of esters is 1. The van der Waals surface area contributed by atoms with E-state index in [1.54, 1.807) is 0 Å². The standard InChI is InChI=1S/C18H24ClNO3S/c19-15-8-4-5-9-16(15)24-11-10-18(22)23-13-17(21)20-12-14-6-2-1-3-7-14/h4-5,8-9,14H,1-3,6-7,10-13H2,(H,20,21). The van der Waals surface area contributed by atoms with E-state index >= 15 is 0 Å². The number of amides is 1. The average molecular weight is 370 g/mol. The van der Waals surface area contributed by atoms with Gasteiger partial charge in [0.2, 0.25) is 0 Å². The molecule has 1 aliphatic carbocycles. The lowest BCUT2D eigenvalue weighted by molar-refractivity contribution is -0.148. The van der Waals surface area contributed by atoms with E-state index in [1.807, 2.05) is 24.3 Å². The highest BCUT2D eigenvalue weighted by atomic mass is 35.5. The van der Waals surface area contributed by atoms with Crippen LogP contribution in [-0.4, -0.2) is 30.8 Å². The first kappa shape index (κ1) is 19.1. The molecule has 0 bridgehead atoms. The van der Waals surface area contributed by atoms with Crippen LogP contribution >= 0.6 is 23.4 Å². The number of benzene rings is 1. The summed E-state index contributed by atoms with van der Waals surface area (Å²) >= 11 is 7.56. The Morgan fingerprint density at radius 2 is 1.96 bits per heavy atom. The van der Waals surface area contributed by atoms with Crippen LogP contribution in [-0.2, 0) is 14.3 Å². The number of ether oxygens (including phenoxy) is 1. The monoisotopic (exact) mass is 369 g/mol. The Labute approximate surface area is 152 Å². The fraction of sp³-hybridized carbons (Fsp3) is 0.556. The SMILES string of the molecule is O=C(COC(=O)CCSc1ccccc1Cl)NCC1CCCCC1. The minimum atomic E-state index is -0.359. The average Bonchev–Trinajstić information content (AvgIpc) is 2.61. The normalized spacial score (nSPS) is 15.0. The van der Waals surface area contributed by atoms with Crippen molar-refractivity contribution in [2.24, 2.45) is 5.92 Å². The summed E-state index contributed by atoms with van der Waals surface area (Å²) in [4.78, 5) is 24.3. The fourth-order valence-electron chi connectivity index (χ4n) is 2.72. The number of nitrogens with one attached hydrogen (secondary N) is 1. The Bertz CT molecular complexity index is 547. The van der Waals surface area contributed by atoms with Crippen molar-refractivity contribution < 1.29 is 14.3 Å². The first-order valence-electron chi connectivity index (χ1n) is 8.45. The van der Waals surface area contributed by atoms with E-state index in [0.29, 0.717) is 23.2 Å². The second-order valence-corrected chi connectivity index (χ2v) is 7.54. The molecule has 6 heteroatoms. The Morgan fingerprint density at radius 1 is 1.21 bits per heavy atom. The molecule has 0 atom stereocenters. The van der Waals surface area contributed by atoms with Gasteiger partial charge in [-0.25, -0.2) is 0 Å². The first-order valence-corrected chi connectivity index (χ1v) is 9.81. The number of halogens is 1. The third-order valence-electron chi connectivity index (χ3n) is 4.08. The van der Waals surface area contributed by atoms with Crippen LogP contribution in [0.1, 0.15) is 38.5 Å². The Morgan fingerprint density at radius 3 is 2.71 bits per heavy atom. The van der Waals surface area contributed by atoms with Crippen molar-refractivity contribution in [2.45, 2.75) is 43.4 Å². The molecule has 1 N–H and O–H groups in total. The molecular weight excluding hydrogens is 346 g/mol. The summed E-state index contributed by atoms with van der Waals surface area (Å²) in [5, 5.41) is 3.54. The van der Waals surface area contributed by atoms with Gasteiger partial charge in [-0.3, -0.25) is 9.59 Å². The summed E-state index contributed by atoms with van der Waals surface area (Å²) in [7, 11) is 0. The second-order valence-electron chi connectivity index (χ2n) is 6.00. The summed E-state index contributed by atoms with van der Waals surface area (Å²) < 4.78 is 5.01. The van der Waals surface area contributed by atoms with Crippen LogP contribution in [0, 0.1) is 5.92 Å². The van der Waals surface area contributed by atoms with E-state index in [-0.39, 0.29) is 24.9 Å². The maximum absolute atomic E-state index is 11.7. The smallest absolute Gasteiger partial charge is 0.307 e. The number of carbonyl (C=O) groups excluding carboxylic acids is 2. The van der Waals surface area contributed by atoms with Crippen molar-refractivity contribution in [2.75, 3.05) is 18.9 Å². The summed E-state index contributed by atoms with van der Waals surface area (Å²) in [5.74, 6) is 0.576. The zero-order valence-electron chi connectivity index (χ0n) is 13.8. The molecule has 1 aliphatic rings. The van der Waals surface area contributed by atoms with Gasteiger partial charge in [-0.2, -0.15) is 0 Å². The molecular formula is C18H24ClNO3S. The van der Waals surface area contributed by atoms with Gasteiger partial charge in [0.05, 0.1) is 11.4 Å². The molecule has 24 heavy (non-hydrogen) atoms. The highest BCUT2D eigenvalue weighted by molar-refractivity contribution is 7.99. The number of hydrogen-bond acceptors (Lipinski definition) is 4. The molecule has 0 spiro atoms. The lowest BCUT2D eigenvalue weighted by atomic mass is 9.89. The number of rotatable bonds is 8. The van der Waals surface area contributed by atoms with Crippen LogP contribution in [0.3, 0.4) is 0 Å². The topological polar surface area (TPSA) is 55.4 Å². The summed E-state index contributed by atoms with van der Waals surface area (Å²) in [6.07, 6.45) is 6.41. The van der Waals surface area contributed by atoms with Gasteiger partial charge in [-0.05, 0) is 30.9 Å². The second kappa shape index (κ2) is 10.6. The van der Waals surface area contributed by atoms with Gasteiger partial charge in [0.15, 0.2) is 6.61 Å². The van der Waals surface area contributed by atoms with Crippen molar-refractivity contribution in [1.82, 2.24) is 5.32 Å². The van der Waals surface area contributed by atoms with Gasteiger partial charge in [-0.1, -0.05) is 43.0 Å². The number of hydrogen-bond donors (Lipinski definition) is 1. The largest absolute Gasteiger partial charge is 0.456 e. The van der Waals surface area contributed by atoms with Crippen molar-refractivity contribution in [3.8, 4) is 0 Å². The van der Waals surface area contributed by atoms with Gasteiger partial charge in [0.25, 0.3) is 5.91 Å². The van der Waals surface area contributed by atoms with Crippen LogP contribution in [0.15, 0.2) is 29.2 Å². The number of thioether (sulfide) groups is 1. The first-order chi connectivity index (χ1) is 11.6. The molecule has 0 saturated heterocycles. The fourth-order valence-corrected chi connectivity index (χ4v) is 3.89. The van der Waals surface area contributed by atoms with Crippen LogP contribution in [0.2, 0.25) is 5.02 Å². The minimum Gasteiger partial charge on any atom is -0.456 e. The predicted octanol–water partition coefficient (Wildman–Crippen LogP) is 4.06. The van der Waals surface area contributed by atoms with Gasteiger partial charge < -0.3 is 10.1 Å². The molecule has 1 aromatic carbocycles. The summed E-state index contributed by atoms with van der Waals surface area (Å²) in [6.45, 7) is 0.501. The highest BCUT2D eigenvalue weighted by Crippen LogP contribution is 2.27. The molecule has 4 nitrogen and oxygen atoms in total. The molecule has 0 heterocycles. The summed E-state index contributed by atoms with van der Waals surface area (Å²) in [5.41, 5.74) is 0. The molecule has 1 aromatic rings. The zero-order valence-corrected chi connectivity index (χ0v) is 15.3. The van der Waals surface area contributed by atoms with Crippen molar-refractivity contribution in [1.29, 1.82) is 0 Å². The Balaban J connectivity index is 1.55. The zero-order chi connectivity index (χ0) is 17.2. The molecule has 0 unspecified atom stereocenters. The van der Waals surface area contributed by atoms with E-state index in [9.17, 15) is 9.59 Å². The van der Waals surface area contributed by atoms with E-state index < -0.39 is 0 Å². The van der Waals surface area contributed by atoms with Gasteiger partial charge >= 0.3 is 5.97 Å². The molecule has 132 valence electrons. The third kappa shape index (κ3) is 7.14. The quantitative estimate of drug-likeness (QED) is 0.554. The van der Waals surface area contributed by atoms with Crippen molar-refractivity contribution in [3.63, 3.8) is 0 Å². The van der Waals surface area contributed by atoms with Gasteiger partial charge in [0.1, 0.15) is 0 Å². The lowest BCUT2D eigenvalue weighted by Gasteiger charge is -2.21. The molecule has 0 aromatic heterocycles. The maximum Gasteiger partial charge on any atom is 0.307 e. The van der Waals surface area contributed by atoms with E-state index in [0.717, 1.165) is 4.90 Å².